The van der Waals surface area contributed by atoms with E-state index in [2.05, 4.69) is 40.7 Å². The third-order valence-electron chi connectivity index (χ3n) is 3.21. The van der Waals surface area contributed by atoms with Gasteiger partial charge >= 0.3 is 0 Å². The maximum Gasteiger partial charge on any atom is 0.0410 e. The van der Waals surface area contributed by atoms with Crippen molar-refractivity contribution >= 4 is 21.5 Å². The molecule has 0 spiro atoms. The maximum atomic E-state index is 6.31. The Kier molecular flexibility index (Phi) is 2.73. The average molecular weight is 266 g/mol. The van der Waals surface area contributed by atoms with Crippen LogP contribution < -0.4 is 5.73 Å². The van der Waals surface area contributed by atoms with Crippen LogP contribution >= 0.6 is 15.9 Å². The molecule has 1 aromatic rings. The fraction of sp³-hybridized carbons (Fsp3) is 0.385. The number of benzene rings is 1. The highest BCUT2D eigenvalue weighted by Crippen LogP contribution is 2.40. The van der Waals surface area contributed by atoms with Gasteiger partial charge in [0.2, 0.25) is 0 Å². The number of rotatable bonds is 2. The van der Waals surface area contributed by atoms with Gasteiger partial charge in [-0.15, -0.1) is 0 Å². The SMILES string of the molecule is C=C(C)c1cc(Br)cc(C2(N)CCC2)c1. The van der Waals surface area contributed by atoms with Gasteiger partial charge in [0.15, 0.2) is 0 Å². The summed E-state index contributed by atoms with van der Waals surface area (Å²) in [5.74, 6) is 0. The number of hydrogen-bond acceptors (Lipinski definition) is 1. The Labute approximate surface area is 99.5 Å². The number of hydrogen-bond donors (Lipinski definition) is 1. The predicted molar refractivity (Wildman–Crippen MR) is 68.6 cm³/mol. The molecule has 0 radical (unpaired) electrons. The zero-order valence-corrected chi connectivity index (χ0v) is 10.6. The van der Waals surface area contributed by atoms with E-state index in [0.29, 0.717) is 0 Å². The molecule has 1 aliphatic carbocycles. The van der Waals surface area contributed by atoms with Crippen molar-refractivity contribution in [2.75, 3.05) is 0 Å². The van der Waals surface area contributed by atoms with E-state index in [1.165, 1.54) is 17.5 Å². The highest BCUT2D eigenvalue weighted by atomic mass is 79.9. The lowest BCUT2D eigenvalue weighted by Gasteiger charge is -2.39. The van der Waals surface area contributed by atoms with Crippen LogP contribution in [0.4, 0.5) is 0 Å². The molecule has 1 aromatic carbocycles. The smallest absolute Gasteiger partial charge is 0.0410 e. The normalized spacial score (nSPS) is 18.3. The topological polar surface area (TPSA) is 26.0 Å². The molecule has 1 nitrogen and oxygen atoms in total. The lowest BCUT2D eigenvalue weighted by Crippen LogP contribution is -2.43. The zero-order chi connectivity index (χ0) is 11.1. The Morgan fingerprint density at radius 3 is 2.53 bits per heavy atom. The first-order valence-electron chi connectivity index (χ1n) is 5.27. The molecule has 1 aliphatic rings. The van der Waals surface area contributed by atoms with E-state index in [9.17, 15) is 0 Å². The Balaban J connectivity index is 2.44. The van der Waals surface area contributed by atoms with Crippen LogP contribution in [0.3, 0.4) is 0 Å². The summed E-state index contributed by atoms with van der Waals surface area (Å²) in [4.78, 5) is 0. The summed E-state index contributed by atoms with van der Waals surface area (Å²) in [6.45, 7) is 6.00. The van der Waals surface area contributed by atoms with Gasteiger partial charge in [-0.3, -0.25) is 0 Å². The summed E-state index contributed by atoms with van der Waals surface area (Å²) < 4.78 is 1.09. The lowest BCUT2D eigenvalue weighted by molar-refractivity contribution is 0.253. The Hall–Kier alpha value is -0.600. The van der Waals surface area contributed by atoms with E-state index in [1.54, 1.807) is 0 Å². The Morgan fingerprint density at radius 2 is 2.07 bits per heavy atom. The molecule has 15 heavy (non-hydrogen) atoms. The summed E-state index contributed by atoms with van der Waals surface area (Å²) in [5.41, 5.74) is 9.72. The molecule has 0 heterocycles. The van der Waals surface area contributed by atoms with E-state index in [0.717, 1.165) is 22.9 Å². The summed E-state index contributed by atoms with van der Waals surface area (Å²) in [6, 6.07) is 6.39. The molecule has 0 unspecified atom stereocenters. The van der Waals surface area contributed by atoms with Crippen LogP contribution in [-0.4, -0.2) is 0 Å². The summed E-state index contributed by atoms with van der Waals surface area (Å²) in [7, 11) is 0. The molecule has 1 fully saturated rings. The van der Waals surface area contributed by atoms with Gasteiger partial charge in [0, 0.05) is 10.0 Å². The number of nitrogens with two attached hydrogens (primary N) is 1. The van der Waals surface area contributed by atoms with Crippen LogP contribution in [-0.2, 0) is 5.54 Å². The van der Waals surface area contributed by atoms with Crippen LogP contribution in [0.5, 0.6) is 0 Å². The quantitative estimate of drug-likeness (QED) is 0.865. The number of halogens is 1. The van der Waals surface area contributed by atoms with Gasteiger partial charge in [-0.05, 0) is 55.5 Å². The second-order valence-electron chi connectivity index (χ2n) is 4.52. The fourth-order valence-corrected chi connectivity index (χ4v) is 2.46. The minimum Gasteiger partial charge on any atom is -0.321 e. The average Bonchev–Trinajstić information content (AvgIpc) is 2.13. The zero-order valence-electron chi connectivity index (χ0n) is 9.02. The van der Waals surface area contributed by atoms with Crippen molar-refractivity contribution in [1.29, 1.82) is 0 Å². The molecule has 80 valence electrons. The van der Waals surface area contributed by atoms with Gasteiger partial charge in [-0.25, -0.2) is 0 Å². The minimum absolute atomic E-state index is 0.0893. The van der Waals surface area contributed by atoms with E-state index in [-0.39, 0.29) is 5.54 Å². The maximum absolute atomic E-state index is 6.31. The highest BCUT2D eigenvalue weighted by molar-refractivity contribution is 9.10. The molecule has 0 aliphatic heterocycles. The molecule has 2 N–H and O–H groups in total. The van der Waals surface area contributed by atoms with Crippen molar-refractivity contribution in [1.82, 2.24) is 0 Å². The molecular weight excluding hydrogens is 250 g/mol. The minimum atomic E-state index is -0.0893. The van der Waals surface area contributed by atoms with E-state index < -0.39 is 0 Å². The molecule has 0 saturated heterocycles. The van der Waals surface area contributed by atoms with Gasteiger partial charge in [-0.2, -0.15) is 0 Å². The lowest BCUT2D eigenvalue weighted by atomic mass is 9.72. The molecule has 0 atom stereocenters. The Bertz CT molecular complexity index is 405. The number of allylic oxidation sites excluding steroid dienone is 1. The summed E-state index contributed by atoms with van der Waals surface area (Å²) >= 11 is 3.53. The molecular formula is C13H16BrN. The molecule has 2 rings (SSSR count). The van der Waals surface area contributed by atoms with Crippen LogP contribution in [0.15, 0.2) is 29.3 Å². The first-order valence-corrected chi connectivity index (χ1v) is 6.06. The van der Waals surface area contributed by atoms with Crippen molar-refractivity contribution in [3.05, 3.63) is 40.4 Å². The van der Waals surface area contributed by atoms with E-state index >= 15 is 0 Å². The van der Waals surface area contributed by atoms with Crippen LogP contribution in [0.1, 0.15) is 37.3 Å². The van der Waals surface area contributed by atoms with Gasteiger partial charge in [0.1, 0.15) is 0 Å². The largest absolute Gasteiger partial charge is 0.321 e. The van der Waals surface area contributed by atoms with Gasteiger partial charge < -0.3 is 5.73 Å². The highest BCUT2D eigenvalue weighted by Gasteiger charge is 2.34. The standard InChI is InChI=1S/C13H16BrN/c1-9(2)10-6-11(8-12(14)7-10)13(15)4-3-5-13/h6-8H,1,3-5,15H2,2H3. The Morgan fingerprint density at radius 1 is 1.40 bits per heavy atom. The third-order valence-corrected chi connectivity index (χ3v) is 3.67. The molecule has 2 heteroatoms. The molecule has 0 bridgehead atoms. The van der Waals surface area contributed by atoms with Gasteiger partial charge in [-0.1, -0.05) is 28.1 Å². The van der Waals surface area contributed by atoms with E-state index in [4.69, 9.17) is 5.73 Å². The third kappa shape index (κ3) is 2.01. The molecule has 1 saturated carbocycles. The van der Waals surface area contributed by atoms with Crippen molar-refractivity contribution in [2.24, 2.45) is 5.73 Å². The molecule has 0 amide bonds. The van der Waals surface area contributed by atoms with Crippen LogP contribution in [0.2, 0.25) is 0 Å². The van der Waals surface area contributed by atoms with Gasteiger partial charge in [0.25, 0.3) is 0 Å². The first kappa shape index (κ1) is 10.9. The van der Waals surface area contributed by atoms with Crippen molar-refractivity contribution in [3.8, 4) is 0 Å². The van der Waals surface area contributed by atoms with E-state index in [1.807, 2.05) is 6.92 Å². The van der Waals surface area contributed by atoms with Crippen LogP contribution in [0.25, 0.3) is 5.57 Å². The summed E-state index contributed by atoms with van der Waals surface area (Å²) in [5, 5.41) is 0. The first-order chi connectivity index (χ1) is 7.01. The predicted octanol–water partition coefficient (Wildman–Crippen LogP) is 3.82. The van der Waals surface area contributed by atoms with Crippen molar-refractivity contribution in [2.45, 2.75) is 31.7 Å². The van der Waals surface area contributed by atoms with Crippen molar-refractivity contribution in [3.63, 3.8) is 0 Å². The second-order valence-corrected chi connectivity index (χ2v) is 5.43. The van der Waals surface area contributed by atoms with Crippen LogP contribution in [0, 0.1) is 0 Å². The second kappa shape index (κ2) is 3.76. The monoisotopic (exact) mass is 265 g/mol. The summed E-state index contributed by atoms with van der Waals surface area (Å²) in [6.07, 6.45) is 3.43. The van der Waals surface area contributed by atoms with Gasteiger partial charge in [0.05, 0.1) is 0 Å². The molecule has 0 aromatic heterocycles. The van der Waals surface area contributed by atoms with Crippen molar-refractivity contribution < 1.29 is 0 Å². The fourth-order valence-electron chi connectivity index (χ4n) is 1.97.